The van der Waals surface area contributed by atoms with Gasteiger partial charge in [-0.3, -0.25) is 9.78 Å². The lowest BCUT2D eigenvalue weighted by Gasteiger charge is -2.59. The van der Waals surface area contributed by atoms with Crippen molar-refractivity contribution in [3.63, 3.8) is 0 Å². The summed E-state index contributed by atoms with van der Waals surface area (Å²) in [4.78, 5) is 19.4. The molecular formula is C22H27N3O. The molecule has 1 aromatic heterocycles. The summed E-state index contributed by atoms with van der Waals surface area (Å²) in [5.74, 6) is 3.27. The Morgan fingerprint density at radius 1 is 1.08 bits per heavy atom. The van der Waals surface area contributed by atoms with Crippen molar-refractivity contribution in [1.82, 2.24) is 9.97 Å². The Bertz CT molecular complexity index is 822. The van der Waals surface area contributed by atoms with E-state index < -0.39 is 0 Å². The smallest absolute Gasteiger partial charge is 0.252 e. The predicted octanol–water partition coefficient (Wildman–Crippen LogP) is 4.45. The average molecular weight is 349 g/mol. The second-order valence-corrected chi connectivity index (χ2v) is 9.00. The van der Waals surface area contributed by atoms with Crippen molar-refractivity contribution in [2.75, 3.05) is 5.32 Å². The molecule has 136 valence electrons. The van der Waals surface area contributed by atoms with Crippen LogP contribution in [0.5, 0.6) is 0 Å². The quantitative estimate of drug-likeness (QED) is 0.857. The number of nitrogens with zero attached hydrogens (tertiary/aromatic N) is 1. The largest absolute Gasteiger partial charge is 0.348 e. The SMILES string of the molecule is Cc1cc(=O)[nH]c(NC(c2ccccc2)C23CC4CC(CC(C4)C2)C3)n1. The summed E-state index contributed by atoms with van der Waals surface area (Å²) in [7, 11) is 0. The Hall–Kier alpha value is -2.10. The van der Waals surface area contributed by atoms with Gasteiger partial charge in [0, 0.05) is 11.8 Å². The molecular weight excluding hydrogens is 322 g/mol. The summed E-state index contributed by atoms with van der Waals surface area (Å²) in [6.07, 6.45) is 8.21. The number of aromatic nitrogens is 2. The van der Waals surface area contributed by atoms with Gasteiger partial charge in [-0.15, -0.1) is 0 Å². The minimum absolute atomic E-state index is 0.0858. The van der Waals surface area contributed by atoms with Gasteiger partial charge in [-0.25, -0.2) is 4.98 Å². The molecule has 4 heteroatoms. The van der Waals surface area contributed by atoms with Crippen LogP contribution in [-0.4, -0.2) is 9.97 Å². The molecule has 0 aliphatic heterocycles. The van der Waals surface area contributed by atoms with E-state index in [4.69, 9.17) is 0 Å². The second kappa shape index (κ2) is 5.97. The molecule has 1 atom stereocenters. The topological polar surface area (TPSA) is 57.8 Å². The second-order valence-electron chi connectivity index (χ2n) is 9.00. The molecule has 6 rings (SSSR count). The lowest BCUT2D eigenvalue weighted by atomic mass is 9.47. The van der Waals surface area contributed by atoms with Gasteiger partial charge in [0.05, 0.1) is 6.04 Å². The Balaban J connectivity index is 1.55. The van der Waals surface area contributed by atoms with Gasteiger partial charge >= 0.3 is 0 Å². The van der Waals surface area contributed by atoms with Crippen molar-refractivity contribution in [3.05, 3.63) is 58.0 Å². The lowest BCUT2D eigenvalue weighted by Crippen LogP contribution is -2.50. The molecule has 26 heavy (non-hydrogen) atoms. The molecule has 4 saturated carbocycles. The molecule has 4 nitrogen and oxygen atoms in total. The number of hydrogen-bond acceptors (Lipinski definition) is 3. The minimum Gasteiger partial charge on any atom is -0.348 e. The van der Waals surface area contributed by atoms with Crippen LogP contribution in [0.2, 0.25) is 0 Å². The Kier molecular flexibility index (Phi) is 3.70. The molecule has 0 spiro atoms. The third-order valence-electron chi connectivity index (χ3n) is 6.98. The number of rotatable bonds is 4. The zero-order valence-electron chi connectivity index (χ0n) is 15.4. The van der Waals surface area contributed by atoms with Crippen LogP contribution < -0.4 is 10.9 Å². The van der Waals surface area contributed by atoms with Gasteiger partial charge in [-0.1, -0.05) is 30.3 Å². The summed E-state index contributed by atoms with van der Waals surface area (Å²) in [5.41, 5.74) is 2.28. The molecule has 1 unspecified atom stereocenters. The van der Waals surface area contributed by atoms with E-state index in [-0.39, 0.29) is 11.6 Å². The van der Waals surface area contributed by atoms with Crippen LogP contribution in [-0.2, 0) is 0 Å². The van der Waals surface area contributed by atoms with E-state index in [2.05, 4.69) is 45.6 Å². The normalized spacial score (nSPS) is 33.2. The predicted molar refractivity (Wildman–Crippen MR) is 103 cm³/mol. The zero-order valence-corrected chi connectivity index (χ0v) is 15.4. The van der Waals surface area contributed by atoms with Crippen LogP contribution in [0, 0.1) is 30.1 Å². The first-order valence-corrected chi connectivity index (χ1v) is 9.99. The Morgan fingerprint density at radius 3 is 2.27 bits per heavy atom. The Labute approximate surface area is 154 Å². The van der Waals surface area contributed by atoms with E-state index in [1.807, 2.05) is 6.92 Å². The van der Waals surface area contributed by atoms with Gasteiger partial charge in [-0.05, 0) is 74.2 Å². The maximum Gasteiger partial charge on any atom is 0.252 e. The van der Waals surface area contributed by atoms with Crippen LogP contribution in [0.1, 0.15) is 55.8 Å². The Morgan fingerprint density at radius 2 is 1.69 bits per heavy atom. The van der Waals surface area contributed by atoms with E-state index >= 15 is 0 Å². The van der Waals surface area contributed by atoms with Gasteiger partial charge in [-0.2, -0.15) is 0 Å². The van der Waals surface area contributed by atoms with Crippen molar-refractivity contribution >= 4 is 5.95 Å². The standard InChI is InChI=1S/C22H27N3O/c1-14-7-19(26)24-21(23-14)25-20(18-5-3-2-4-6-18)22-11-15-8-16(12-22)10-17(9-15)13-22/h2-7,15-17,20H,8-13H2,1H3,(H2,23,24,25,26). The summed E-state index contributed by atoms with van der Waals surface area (Å²) in [5, 5.41) is 3.67. The monoisotopic (exact) mass is 349 g/mol. The molecule has 1 heterocycles. The van der Waals surface area contributed by atoms with Crippen LogP contribution in [0.3, 0.4) is 0 Å². The number of nitrogens with one attached hydrogen (secondary N) is 2. The molecule has 4 fully saturated rings. The highest BCUT2D eigenvalue weighted by Crippen LogP contribution is 2.64. The van der Waals surface area contributed by atoms with Crippen molar-refractivity contribution in [2.24, 2.45) is 23.2 Å². The van der Waals surface area contributed by atoms with E-state index in [9.17, 15) is 4.79 Å². The molecule has 4 bridgehead atoms. The molecule has 2 N–H and O–H groups in total. The first-order chi connectivity index (χ1) is 12.6. The molecule has 0 amide bonds. The summed E-state index contributed by atoms with van der Waals surface area (Å²) >= 11 is 0. The summed E-state index contributed by atoms with van der Waals surface area (Å²) in [6, 6.07) is 12.5. The van der Waals surface area contributed by atoms with Crippen LogP contribution in [0.25, 0.3) is 0 Å². The number of H-pyrrole nitrogens is 1. The molecule has 1 aromatic carbocycles. The number of aromatic amines is 1. The number of hydrogen-bond donors (Lipinski definition) is 2. The van der Waals surface area contributed by atoms with Gasteiger partial charge < -0.3 is 5.32 Å². The van der Waals surface area contributed by atoms with Crippen molar-refractivity contribution in [3.8, 4) is 0 Å². The highest BCUT2D eigenvalue weighted by molar-refractivity contribution is 5.35. The maximum atomic E-state index is 11.9. The molecule has 4 aliphatic rings. The van der Waals surface area contributed by atoms with Gasteiger partial charge in [0.25, 0.3) is 5.56 Å². The zero-order chi connectivity index (χ0) is 17.7. The number of anilines is 1. The van der Waals surface area contributed by atoms with Crippen LogP contribution in [0.4, 0.5) is 5.95 Å². The highest BCUT2D eigenvalue weighted by atomic mass is 16.1. The van der Waals surface area contributed by atoms with E-state index in [1.165, 1.54) is 44.1 Å². The van der Waals surface area contributed by atoms with Gasteiger partial charge in [0.15, 0.2) is 0 Å². The van der Waals surface area contributed by atoms with Gasteiger partial charge in [0.1, 0.15) is 0 Å². The van der Waals surface area contributed by atoms with Crippen LogP contribution in [0.15, 0.2) is 41.2 Å². The summed E-state index contributed by atoms with van der Waals surface area (Å²) < 4.78 is 0. The van der Waals surface area contributed by atoms with Crippen molar-refractivity contribution < 1.29 is 0 Å². The maximum absolute atomic E-state index is 11.9. The first-order valence-electron chi connectivity index (χ1n) is 9.99. The van der Waals surface area contributed by atoms with E-state index in [1.54, 1.807) is 6.07 Å². The highest BCUT2D eigenvalue weighted by Gasteiger charge is 2.54. The lowest BCUT2D eigenvalue weighted by molar-refractivity contribution is -0.0640. The van der Waals surface area contributed by atoms with E-state index in [0.717, 1.165) is 23.4 Å². The average Bonchev–Trinajstić information content (AvgIpc) is 2.58. The summed E-state index contributed by atoms with van der Waals surface area (Å²) in [6.45, 7) is 1.88. The van der Waals surface area contributed by atoms with Crippen molar-refractivity contribution in [1.29, 1.82) is 0 Å². The fourth-order valence-electron chi connectivity index (χ4n) is 6.55. The van der Waals surface area contributed by atoms with Gasteiger partial charge in [0.2, 0.25) is 5.95 Å². The number of aryl methyl sites for hydroxylation is 1. The number of benzene rings is 1. The fraction of sp³-hybridized carbons (Fsp3) is 0.545. The molecule has 0 radical (unpaired) electrons. The molecule has 4 aliphatic carbocycles. The van der Waals surface area contributed by atoms with Crippen LogP contribution >= 0.6 is 0 Å². The first kappa shape index (κ1) is 16.1. The molecule has 2 aromatic rings. The minimum atomic E-state index is -0.0858. The third-order valence-corrected chi connectivity index (χ3v) is 6.98. The fourth-order valence-corrected chi connectivity index (χ4v) is 6.55. The molecule has 0 saturated heterocycles. The van der Waals surface area contributed by atoms with E-state index in [0.29, 0.717) is 11.4 Å². The third kappa shape index (κ3) is 2.76. The van der Waals surface area contributed by atoms with Crippen molar-refractivity contribution in [2.45, 2.75) is 51.5 Å².